The molecule has 188 valence electrons. The number of Topliss-reactive ketones (excluding diaryl/α,β-unsaturated/α-hetero) is 1. The van der Waals surface area contributed by atoms with E-state index in [9.17, 15) is 9.59 Å². The number of carbonyl (C=O) groups excluding carboxylic acids is 1. The van der Waals surface area contributed by atoms with Gasteiger partial charge in [0.25, 0.3) is 5.56 Å². The molecule has 0 bridgehead atoms. The standard InChI is InChI=1S/C27H32N6O3/c1-16-22-12-29-27(31-25(22)33(20-5-3-4-6-20)26(35)24(16)17(2)34)28-11-19-8-7-18-13-32(21-14-36-15-21)10-9-23(18)30-19/h7-8,12,20-21H,3-6,9-11,13-15H2,1-2H3,(H,28,29,31). The van der Waals surface area contributed by atoms with E-state index >= 15 is 0 Å². The second-order valence-electron chi connectivity index (χ2n) is 10.3. The number of hydrogen-bond acceptors (Lipinski definition) is 8. The van der Waals surface area contributed by atoms with Gasteiger partial charge in [-0.1, -0.05) is 18.9 Å². The van der Waals surface area contributed by atoms with Crippen LogP contribution in [-0.2, 0) is 24.2 Å². The van der Waals surface area contributed by atoms with Crippen LogP contribution in [0.25, 0.3) is 11.0 Å². The van der Waals surface area contributed by atoms with Gasteiger partial charge in [0.15, 0.2) is 5.78 Å². The minimum atomic E-state index is -0.233. The van der Waals surface area contributed by atoms with E-state index in [-0.39, 0.29) is 22.9 Å². The molecule has 3 aromatic rings. The highest BCUT2D eigenvalue weighted by Gasteiger charge is 2.29. The number of anilines is 1. The average Bonchev–Trinajstić information content (AvgIpc) is 3.36. The van der Waals surface area contributed by atoms with Gasteiger partial charge >= 0.3 is 0 Å². The highest BCUT2D eigenvalue weighted by atomic mass is 16.5. The summed E-state index contributed by atoms with van der Waals surface area (Å²) in [6.07, 6.45) is 6.68. The van der Waals surface area contributed by atoms with Crippen molar-refractivity contribution in [3.8, 4) is 0 Å². The molecule has 0 radical (unpaired) electrons. The summed E-state index contributed by atoms with van der Waals surface area (Å²) in [6.45, 7) is 7.37. The Kier molecular flexibility index (Phi) is 6.05. The van der Waals surface area contributed by atoms with Crippen molar-refractivity contribution in [2.24, 2.45) is 0 Å². The topological polar surface area (TPSA) is 102 Å². The van der Waals surface area contributed by atoms with E-state index in [0.29, 0.717) is 29.7 Å². The van der Waals surface area contributed by atoms with Crippen molar-refractivity contribution in [3.05, 3.63) is 56.8 Å². The highest BCUT2D eigenvalue weighted by Crippen LogP contribution is 2.32. The smallest absolute Gasteiger partial charge is 0.263 e. The highest BCUT2D eigenvalue weighted by molar-refractivity contribution is 5.99. The molecule has 0 atom stereocenters. The molecule has 0 aromatic carbocycles. The lowest BCUT2D eigenvalue weighted by molar-refractivity contribution is -0.0696. The zero-order valence-corrected chi connectivity index (χ0v) is 20.9. The van der Waals surface area contributed by atoms with Gasteiger partial charge in [-0.2, -0.15) is 4.98 Å². The number of hydrogen-bond donors (Lipinski definition) is 1. The first-order valence-electron chi connectivity index (χ1n) is 13.0. The number of fused-ring (bicyclic) bond motifs is 2. The van der Waals surface area contributed by atoms with Gasteiger partial charge in [-0.3, -0.25) is 24.0 Å². The third-order valence-corrected chi connectivity index (χ3v) is 7.95. The quantitative estimate of drug-likeness (QED) is 0.528. The molecule has 1 saturated carbocycles. The number of aryl methyl sites for hydroxylation is 1. The number of aromatic nitrogens is 4. The summed E-state index contributed by atoms with van der Waals surface area (Å²) >= 11 is 0. The molecular formula is C27H32N6O3. The van der Waals surface area contributed by atoms with Crippen LogP contribution in [0.15, 0.2) is 23.1 Å². The minimum Gasteiger partial charge on any atom is -0.378 e. The normalized spacial score (nSPS) is 18.8. The van der Waals surface area contributed by atoms with Crippen LogP contribution in [0, 0.1) is 6.92 Å². The summed E-state index contributed by atoms with van der Waals surface area (Å²) in [5, 5.41) is 4.06. The number of ether oxygens (including phenoxy) is 1. The number of pyridine rings is 2. The number of carbonyl (C=O) groups is 1. The van der Waals surface area contributed by atoms with Gasteiger partial charge < -0.3 is 10.1 Å². The second-order valence-corrected chi connectivity index (χ2v) is 10.3. The Bertz CT molecular complexity index is 1390. The summed E-state index contributed by atoms with van der Waals surface area (Å²) in [5.74, 6) is 0.246. The Morgan fingerprint density at radius 2 is 1.97 bits per heavy atom. The van der Waals surface area contributed by atoms with Gasteiger partial charge in [0, 0.05) is 42.8 Å². The van der Waals surface area contributed by atoms with Crippen LogP contribution in [0.5, 0.6) is 0 Å². The maximum atomic E-state index is 13.4. The van der Waals surface area contributed by atoms with Gasteiger partial charge in [0.1, 0.15) is 5.65 Å². The number of nitrogens with zero attached hydrogens (tertiary/aromatic N) is 5. The van der Waals surface area contributed by atoms with Crippen molar-refractivity contribution in [2.75, 3.05) is 25.1 Å². The molecule has 2 aliphatic heterocycles. The molecule has 6 rings (SSSR count). The molecule has 0 amide bonds. The summed E-state index contributed by atoms with van der Waals surface area (Å²) in [6, 6.07) is 4.85. The Labute approximate surface area is 209 Å². The summed E-state index contributed by atoms with van der Waals surface area (Å²) in [4.78, 5) is 42.4. The van der Waals surface area contributed by atoms with E-state index in [2.05, 4.69) is 27.3 Å². The molecule has 0 spiro atoms. The van der Waals surface area contributed by atoms with Crippen LogP contribution in [0.3, 0.4) is 0 Å². The number of ketones is 1. The zero-order chi connectivity index (χ0) is 24.8. The van der Waals surface area contributed by atoms with E-state index in [1.54, 1.807) is 10.8 Å². The SMILES string of the molecule is CC(=O)c1c(C)c2cnc(NCc3ccc4c(n3)CCN(C3COC3)C4)nc2n(C2CCCC2)c1=O. The van der Waals surface area contributed by atoms with Crippen molar-refractivity contribution in [2.45, 2.75) is 71.1 Å². The van der Waals surface area contributed by atoms with Crippen molar-refractivity contribution >= 4 is 22.8 Å². The predicted octanol–water partition coefficient (Wildman–Crippen LogP) is 3.18. The minimum absolute atomic E-state index is 0.0647. The van der Waals surface area contributed by atoms with Gasteiger partial charge in [-0.15, -0.1) is 0 Å². The average molecular weight is 489 g/mol. The first-order valence-corrected chi connectivity index (χ1v) is 13.0. The molecule has 2 fully saturated rings. The van der Waals surface area contributed by atoms with E-state index in [0.717, 1.165) is 75.2 Å². The second kappa shape index (κ2) is 9.37. The zero-order valence-electron chi connectivity index (χ0n) is 20.9. The summed E-state index contributed by atoms with van der Waals surface area (Å²) < 4.78 is 7.10. The Morgan fingerprint density at radius 3 is 2.69 bits per heavy atom. The summed E-state index contributed by atoms with van der Waals surface area (Å²) in [7, 11) is 0. The molecule has 9 nitrogen and oxygen atoms in total. The van der Waals surface area contributed by atoms with Crippen LogP contribution in [0.1, 0.15) is 71.5 Å². The van der Waals surface area contributed by atoms with Crippen molar-refractivity contribution in [1.29, 1.82) is 0 Å². The fourth-order valence-corrected chi connectivity index (χ4v) is 5.83. The van der Waals surface area contributed by atoms with Crippen LogP contribution in [0.4, 0.5) is 5.95 Å². The molecule has 3 aromatic heterocycles. The molecule has 9 heteroatoms. The van der Waals surface area contributed by atoms with E-state index in [1.165, 1.54) is 12.5 Å². The van der Waals surface area contributed by atoms with E-state index < -0.39 is 0 Å². The van der Waals surface area contributed by atoms with Crippen molar-refractivity contribution in [3.63, 3.8) is 0 Å². The Morgan fingerprint density at radius 1 is 1.17 bits per heavy atom. The van der Waals surface area contributed by atoms with E-state index in [4.69, 9.17) is 14.7 Å². The van der Waals surface area contributed by atoms with Crippen LogP contribution in [0.2, 0.25) is 0 Å². The van der Waals surface area contributed by atoms with Crippen LogP contribution < -0.4 is 10.9 Å². The lowest BCUT2D eigenvalue weighted by Crippen LogP contribution is -2.50. The van der Waals surface area contributed by atoms with Crippen LogP contribution >= 0.6 is 0 Å². The Balaban J connectivity index is 1.26. The monoisotopic (exact) mass is 488 g/mol. The molecule has 5 heterocycles. The molecule has 3 aliphatic rings. The maximum Gasteiger partial charge on any atom is 0.263 e. The lowest BCUT2D eigenvalue weighted by Gasteiger charge is -2.39. The summed E-state index contributed by atoms with van der Waals surface area (Å²) in [5.41, 5.74) is 4.66. The first-order chi connectivity index (χ1) is 17.5. The third-order valence-electron chi connectivity index (χ3n) is 7.95. The lowest BCUT2D eigenvalue weighted by atomic mass is 10.0. The van der Waals surface area contributed by atoms with Crippen LogP contribution in [-0.4, -0.2) is 56.0 Å². The number of rotatable bonds is 6. The molecule has 1 N–H and O–H groups in total. The third kappa shape index (κ3) is 4.10. The fraction of sp³-hybridized carbons (Fsp3) is 0.519. The van der Waals surface area contributed by atoms with Gasteiger partial charge in [0.05, 0.1) is 37.1 Å². The largest absolute Gasteiger partial charge is 0.378 e. The van der Waals surface area contributed by atoms with Crippen molar-refractivity contribution < 1.29 is 9.53 Å². The molecular weight excluding hydrogens is 456 g/mol. The van der Waals surface area contributed by atoms with E-state index in [1.807, 2.05) is 6.92 Å². The number of nitrogens with one attached hydrogen (secondary N) is 1. The van der Waals surface area contributed by atoms with Crippen molar-refractivity contribution in [1.82, 2.24) is 24.4 Å². The van der Waals surface area contributed by atoms with Gasteiger partial charge in [-0.05, 0) is 43.9 Å². The molecule has 0 unspecified atom stereocenters. The maximum absolute atomic E-state index is 13.4. The van der Waals surface area contributed by atoms with Gasteiger partial charge in [0.2, 0.25) is 5.95 Å². The Hall–Kier alpha value is -3.17. The van der Waals surface area contributed by atoms with Gasteiger partial charge in [-0.25, -0.2) is 4.98 Å². The predicted molar refractivity (Wildman–Crippen MR) is 136 cm³/mol. The molecule has 36 heavy (non-hydrogen) atoms. The molecule has 1 saturated heterocycles. The first kappa shape index (κ1) is 23.2. The molecule has 1 aliphatic carbocycles. The fourth-order valence-electron chi connectivity index (χ4n) is 5.83.